The molecule has 9 heteroatoms. The molecule has 0 saturated carbocycles. The average Bonchev–Trinajstić information content (AvgIpc) is 3.21. The minimum atomic E-state index is -0.0323. The summed E-state index contributed by atoms with van der Waals surface area (Å²) in [7, 11) is 0. The first kappa shape index (κ1) is 15.3. The van der Waals surface area contributed by atoms with Crippen LogP contribution >= 0.6 is 23.4 Å². The second kappa shape index (κ2) is 6.03. The van der Waals surface area contributed by atoms with Gasteiger partial charge < -0.3 is 15.1 Å². The highest BCUT2D eigenvalue weighted by Gasteiger charge is 2.21. The molecular weight excluding hydrogens is 350 g/mol. The van der Waals surface area contributed by atoms with E-state index in [4.69, 9.17) is 21.8 Å². The van der Waals surface area contributed by atoms with E-state index in [0.29, 0.717) is 28.6 Å². The molecule has 3 aromatic rings. The zero-order valence-electron chi connectivity index (χ0n) is 12.6. The summed E-state index contributed by atoms with van der Waals surface area (Å²) in [5.41, 5.74) is 7.06. The number of pyridine rings is 1. The van der Waals surface area contributed by atoms with E-state index in [-0.39, 0.29) is 11.1 Å². The molecule has 0 radical (unpaired) electrons. The lowest BCUT2D eigenvalue weighted by Gasteiger charge is -2.26. The van der Waals surface area contributed by atoms with E-state index in [9.17, 15) is 4.79 Å². The lowest BCUT2D eigenvalue weighted by Crippen LogP contribution is -2.38. The summed E-state index contributed by atoms with van der Waals surface area (Å²) in [6, 6.07) is 6.63. The number of hydrogen-bond acceptors (Lipinski definition) is 6. The quantitative estimate of drug-likeness (QED) is 0.752. The van der Waals surface area contributed by atoms with Crippen molar-refractivity contribution in [1.82, 2.24) is 19.5 Å². The van der Waals surface area contributed by atoms with Crippen molar-refractivity contribution in [2.24, 2.45) is 0 Å². The Balaban J connectivity index is 1.72. The molecule has 0 aliphatic carbocycles. The Morgan fingerprint density at radius 2 is 2.08 bits per heavy atom. The first-order valence-electron chi connectivity index (χ1n) is 7.41. The largest absolute Gasteiger partial charge is 0.441 e. The van der Waals surface area contributed by atoms with Crippen LogP contribution in [0.4, 0.5) is 5.82 Å². The summed E-state index contributed by atoms with van der Waals surface area (Å²) >= 11 is 7.64. The van der Waals surface area contributed by atoms with Crippen molar-refractivity contribution in [3.63, 3.8) is 0 Å². The summed E-state index contributed by atoms with van der Waals surface area (Å²) in [5.74, 6) is 3.04. The number of halogens is 1. The molecule has 7 nitrogen and oxygen atoms in total. The highest BCUT2D eigenvalue weighted by molar-refractivity contribution is 7.99. The van der Waals surface area contributed by atoms with Crippen LogP contribution in [0.2, 0.25) is 5.22 Å². The number of aromatic nitrogens is 3. The van der Waals surface area contributed by atoms with Gasteiger partial charge in [-0.05, 0) is 35.9 Å². The molecule has 3 aromatic heterocycles. The molecule has 0 spiro atoms. The van der Waals surface area contributed by atoms with Crippen LogP contribution in [0.1, 0.15) is 10.4 Å². The van der Waals surface area contributed by atoms with E-state index in [1.54, 1.807) is 24.3 Å². The van der Waals surface area contributed by atoms with Gasteiger partial charge in [-0.1, -0.05) is 0 Å². The van der Waals surface area contributed by atoms with E-state index in [0.717, 1.165) is 24.6 Å². The first-order chi connectivity index (χ1) is 11.6. The predicted octanol–water partition coefficient (Wildman–Crippen LogP) is 2.41. The van der Waals surface area contributed by atoms with Crippen LogP contribution in [0.3, 0.4) is 0 Å². The number of nitrogens with two attached hydrogens (primary N) is 1. The number of carbonyl (C=O) groups excluding carboxylic acids is 1. The Hall–Kier alpha value is -2.19. The number of nitrogens with zero attached hydrogens (tertiary/aromatic N) is 4. The van der Waals surface area contributed by atoms with Crippen LogP contribution in [-0.2, 0) is 0 Å². The number of hydrogen-bond donors (Lipinski definition) is 1. The number of fused-ring (bicyclic) bond motifs is 1. The standard InChI is InChI=1S/C15H14ClN5O2S/c16-11-2-1-10(23-11)14-18-13-8-9(7-12(17)21(13)19-14)15(22)20-3-5-24-6-4-20/h1-2,7-8H,3-6,17H2. The van der Waals surface area contributed by atoms with Gasteiger partial charge in [0.15, 0.2) is 16.6 Å². The normalized spacial score (nSPS) is 15.1. The fourth-order valence-electron chi connectivity index (χ4n) is 2.62. The highest BCUT2D eigenvalue weighted by Crippen LogP contribution is 2.24. The van der Waals surface area contributed by atoms with Crippen molar-refractivity contribution in [1.29, 1.82) is 0 Å². The molecule has 2 N–H and O–H groups in total. The Morgan fingerprint density at radius 3 is 2.79 bits per heavy atom. The molecule has 1 aliphatic heterocycles. The highest BCUT2D eigenvalue weighted by atomic mass is 35.5. The van der Waals surface area contributed by atoms with Gasteiger partial charge in [0.25, 0.3) is 5.91 Å². The maximum absolute atomic E-state index is 12.6. The van der Waals surface area contributed by atoms with Gasteiger partial charge in [-0.25, -0.2) is 4.98 Å². The summed E-state index contributed by atoms with van der Waals surface area (Å²) in [6.45, 7) is 1.49. The van der Waals surface area contributed by atoms with Crippen LogP contribution in [0, 0.1) is 0 Å². The van der Waals surface area contributed by atoms with Gasteiger partial charge in [-0.3, -0.25) is 4.79 Å². The zero-order valence-corrected chi connectivity index (χ0v) is 14.2. The van der Waals surface area contributed by atoms with Crippen molar-refractivity contribution in [3.05, 3.63) is 35.0 Å². The molecule has 1 fully saturated rings. The summed E-state index contributed by atoms with van der Waals surface area (Å²) < 4.78 is 6.80. The molecule has 1 aliphatic rings. The van der Waals surface area contributed by atoms with Gasteiger partial charge in [-0.15, -0.1) is 5.10 Å². The fourth-order valence-corrected chi connectivity index (χ4v) is 3.67. The number of anilines is 1. The second-order valence-electron chi connectivity index (χ2n) is 5.38. The third-order valence-corrected chi connectivity index (χ3v) is 4.95. The van der Waals surface area contributed by atoms with Gasteiger partial charge in [0.05, 0.1) is 0 Å². The number of furan rings is 1. The smallest absolute Gasteiger partial charge is 0.254 e. The van der Waals surface area contributed by atoms with Gasteiger partial charge in [-0.2, -0.15) is 16.3 Å². The maximum atomic E-state index is 12.6. The van der Waals surface area contributed by atoms with Crippen LogP contribution < -0.4 is 5.73 Å². The zero-order chi connectivity index (χ0) is 16.7. The van der Waals surface area contributed by atoms with E-state index in [1.807, 2.05) is 16.7 Å². The van der Waals surface area contributed by atoms with Gasteiger partial charge in [0.2, 0.25) is 5.82 Å². The fraction of sp³-hybridized carbons (Fsp3) is 0.267. The Kier molecular flexibility index (Phi) is 3.85. The van der Waals surface area contributed by atoms with E-state index in [1.165, 1.54) is 4.52 Å². The summed E-state index contributed by atoms with van der Waals surface area (Å²) in [5, 5.41) is 4.57. The first-order valence-corrected chi connectivity index (χ1v) is 8.94. The molecule has 4 heterocycles. The summed E-state index contributed by atoms with van der Waals surface area (Å²) in [4.78, 5) is 18.9. The summed E-state index contributed by atoms with van der Waals surface area (Å²) in [6.07, 6.45) is 0. The van der Waals surface area contributed by atoms with Crippen molar-refractivity contribution in [2.75, 3.05) is 30.3 Å². The van der Waals surface area contributed by atoms with Gasteiger partial charge in [0.1, 0.15) is 5.82 Å². The Bertz CT molecular complexity index is 916. The Morgan fingerprint density at radius 1 is 1.29 bits per heavy atom. The number of amides is 1. The van der Waals surface area contributed by atoms with Gasteiger partial charge in [0, 0.05) is 30.2 Å². The Labute approximate surface area is 146 Å². The van der Waals surface area contributed by atoms with Crippen molar-refractivity contribution < 1.29 is 9.21 Å². The predicted molar refractivity (Wildman–Crippen MR) is 93.3 cm³/mol. The topological polar surface area (TPSA) is 89.7 Å². The minimum absolute atomic E-state index is 0.0323. The SMILES string of the molecule is Nc1cc(C(=O)N2CCSCC2)cc2nc(-c3ccc(Cl)o3)nn12. The van der Waals surface area contributed by atoms with E-state index >= 15 is 0 Å². The molecule has 124 valence electrons. The van der Waals surface area contributed by atoms with Crippen LogP contribution in [0.15, 0.2) is 28.7 Å². The molecule has 4 rings (SSSR count). The van der Waals surface area contributed by atoms with Crippen molar-refractivity contribution >= 4 is 40.7 Å². The lowest BCUT2D eigenvalue weighted by atomic mass is 10.2. The van der Waals surface area contributed by atoms with E-state index in [2.05, 4.69) is 10.1 Å². The average molecular weight is 364 g/mol. The molecule has 0 bridgehead atoms. The van der Waals surface area contributed by atoms with Crippen LogP contribution in [0.25, 0.3) is 17.2 Å². The molecule has 0 unspecified atom stereocenters. The van der Waals surface area contributed by atoms with Crippen molar-refractivity contribution in [3.8, 4) is 11.6 Å². The minimum Gasteiger partial charge on any atom is -0.441 e. The number of rotatable bonds is 2. The molecular formula is C15H14ClN5O2S. The van der Waals surface area contributed by atoms with Gasteiger partial charge >= 0.3 is 0 Å². The van der Waals surface area contributed by atoms with Crippen LogP contribution in [-0.4, -0.2) is 50.0 Å². The molecule has 0 aromatic carbocycles. The third kappa shape index (κ3) is 2.71. The molecule has 0 atom stereocenters. The lowest BCUT2D eigenvalue weighted by molar-refractivity contribution is 0.0772. The number of nitrogen functional groups attached to an aromatic ring is 1. The second-order valence-corrected chi connectivity index (χ2v) is 6.98. The third-order valence-electron chi connectivity index (χ3n) is 3.80. The van der Waals surface area contributed by atoms with Crippen LogP contribution in [0.5, 0.6) is 0 Å². The number of thioether (sulfide) groups is 1. The number of carbonyl (C=O) groups is 1. The van der Waals surface area contributed by atoms with Crippen molar-refractivity contribution in [2.45, 2.75) is 0 Å². The van der Waals surface area contributed by atoms with E-state index < -0.39 is 0 Å². The maximum Gasteiger partial charge on any atom is 0.254 e. The molecule has 1 saturated heterocycles. The molecule has 1 amide bonds. The monoisotopic (exact) mass is 363 g/mol. The molecule has 24 heavy (non-hydrogen) atoms.